The summed E-state index contributed by atoms with van der Waals surface area (Å²) in [4.78, 5) is 5.01. The first-order valence-corrected chi connectivity index (χ1v) is 6.16. The number of piperazine rings is 1. The molecule has 1 heterocycles. The predicted octanol–water partition coefficient (Wildman–Crippen LogP) is 0.622. The lowest BCUT2D eigenvalue weighted by molar-refractivity contribution is 0.0384. The summed E-state index contributed by atoms with van der Waals surface area (Å²) >= 11 is 0. The Morgan fingerprint density at radius 3 is 2.44 bits per heavy atom. The molecule has 0 amide bonds. The summed E-state index contributed by atoms with van der Waals surface area (Å²) in [5, 5.41) is 3.28. The molecule has 0 aromatic heterocycles. The van der Waals surface area contributed by atoms with Gasteiger partial charge in [-0.3, -0.25) is 9.80 Å². The number of rotatable bonds is 4. The monoisotopic (exact) mass is 223 g/mol. The first-order chi connectivity index (χ1) is 7.56. The van der Waals surface area contributed by atoms with Gasteiger partial charge in [0.1, 0.15) is 0 Å². The van der Waals surface area contributed by atoms with Crippen LogP contribution in [0.3, 0.4) is 0 Å². The Bertz CT molecular complexity index is 234. The third kappa shape index (κ3) is 3.48. The lowest BCUT2D eigenvalue weighted by Gasteiger charge is -2.44. The summed E-state index contributed by atoms with van der Waals surface area (Å²) in [5.74, 6) is 2.61. The molecule has 0 radical (unpaired) electrons. The number of likely N-dealkylation sites (N-methyl/N-ethyl adjacent to an activating group) is 1. The number of hydrogen-bond donors (Lipinski definition) is 1. The summed E-state index contributed by atoms with van der Waals surface area (Å²) in [6, 6.07) is 1.84. The Labute approximate surface area is 100 Å². The Balaban J connectivity index is 2.39. The van der Waals surface area contributed by atoms with Crippen LogP contribution in [0.5, 0.6) is 0 Å². The summed E-state index contributed by atoms with van der Waals surface area (Å²) < 4.78 is 0. The first-order valence-electron chi connectivity index (χ1n) is 6.16. The molecule has 0 aliphatic carbocycles. The van der Waals surface area contributed by atoms with Crippen molar-refractivity contribution in [1.82, 2.24) is 15.1 Å². The van der Waals surface area contributed by atoms with Crippen molar-refractivity contribution in [3.8, 4) is 12.3 Å². The highest BCUT2D eigenvalue weighted by Gasteiger charge is 2.28. The van der Waals surface area contributed by atoms with Gasteiger partial charge in [0, 0.05) is 37.8 Å². The van der Waals surface area contributed by atoms with Crippen LogP contribution in [0.25, 0.3) is 0 Å². The van der Waals surface area contributed by atoms with Crippen LogP contribution in [0.4, 0.5) is 0 Å². The minimum Gasteiger partial charge on any atom is -0.305 e. The fourth-order valence-electron chi connectivity index (χ4n) is 2.29. The van der Waals surface area contributed by atoms with Gasteiger partial charge in [0.05, 0.1) is 6.54 Å². The van der Waals surface area contributed by atoms with E-state index in [2.05, 4.69) is 48.9 Å². The standard InChI is InChI=1S/C13H25N3/c1-6-7-14-8-11(2)16-9-12(3)15(5)13(4)10-16/h1,11-14H,7-10H2,2-5H3. The highest BCUT2D eigenvalue weighted by atomic mass is 15.3. The van der Waals surface area contributed by atoms with Crippen molar-refractivity contribution >= 4 is 0 Å². The Kier molecular flexibility index (Phi) is 5.27. The molecular weight excluding hydrogens is 198 g/mol. The number of hydrogen-bond acceptors (Lipinski definition) is 3. The molecule has 1 N–H and O–H groups in total. The van der Waals surface area contributed by atoms with E-state index in [1.807, 2.05) is 0 Å². The Hall–Kier alpha value is -0.560. The largest absolute Gasteiger partial charge is 0.305 e. The van der Waals surface area contributed by atoms with Crippen LogP contribution in [-0.4, -0.2) is 61.2 Å². The Morgan fingerprint density at radius 2 is 1.94 bits per heavy atom. The maximum atomic E-state index is 5.22. The van der Waals surface area contributed by atoms with Crippen LogP contribution in [0.15, 0.2) is 0 Å². The van der Waals surface area contributed by atoms with E-state index in [9.17, 15) is 0 Å². The zero-order chi connectivity index (χ0) is 12.1. The minimum atomic E-state index is 0.562. The molecule has 16 heavy (non-hydrogen) atoms. The predicted molar refractivity (Wildman–Crippen MR) is 69.4 cm³/mol. The van der Waals surface area contributed by atoms with E-state index in [4.69, 9.17) is 6.42 Å². The summed E-state index contributed by atoms with van der Waals surface area (Å²) in [6.07, 6.45) is 5.22. The van der Waals surface area contributed by atoms with Gasteiger partial charge >= 0.3 is 0 Å². The van der Waals surface area contributed by atoms with Crippen molar-refractivity contribution in [1.29, 1.82) is 0 Å². The van der Waals surface area contributed by atoms with Gasteiger partial charge in [0.15, 0.2) is 0 Å². The van der Waals surface area contributed by atoms with Gasteiger partial charge in [-0.25, -0.2) is 0 Å². The zero-order valence-corrected chi connectivity index (χ0v) is 11.0. The summed E-state index contributed by atoms with van der Waals surface area (Å²) in [5.41, 5.74) is 0. The van der Waals surface area contributed by atoms with Gasteiger partial charge in [-0.05, 0) is 27.8 Å². The van der Waals surface area contributed by atoms with Crippen LogP contribution in [-0.2, 0) is 0 Å². The zero-order valence-electron chi connectivity index (χ0n) is 11.0. The molecule has 1 aliphatic heterocycles. The van der Waals surface area contributed by atoms with Crippen molar-refractivity contribution in [2.24, 2.45) is 0 Å². The average Bonchev–Trinajstić information content (AvgIpc) is 2.25. The van der Waals surface area contributed by atoms with Crippen LogP contribution in [0, 0.1) is 12.3 Å². The van der Waals surface area contributed by atoms with Crippen LogP contribution in [0.1, 0.15) is 20.8 Å². The molecule has 1 saturated heterocycles. The average molecular weight is 223 g/mol. The lowest BCUT2D eigenvalue weighted by atomic mass is 10.1. The van der Waals surface area contributed by atoms with Gasteiger partial charge in [-0.15, -0.1) is 6.42 Å². The van der Waals surface area contributed by atoms with E-state index < -0.39 is 0 Å². The van der Waals surface area contributed by atoms with Gasteiger partial charge in [0.2, 0.25) is 0 Å². The highest BCUT2D eigenvalue weighted by Crippen LogP contribution is 2.15. The SMILES string of the molecule is C#CCNCC(C)N1CC(C)N(C)C(C)C1. The second kappa shape index (κ2) is 6.24. The molecule has 3 heteroatoms. The second-order valence-electron chi connectivity index (χ2n) is 5.00. The summed E-state index contributed by atoms with van der Waals surface area (Å²) in [6.45, 7) is 10.8. The third-order valence-electron chi connectivity index (χ3n) is 3.68. The molecule has 92 valence electrons. The van der Waals surface area contributed by atoms with Crippen LogP contribution >= 0.6 is 0 Å². The Morgan fingerprint density at radius 1 is 1.38 bits per heavy atom. The molecule has 0 saturated carbocycles. The van der Waals surface area contributed by atoms with E-state index in [0.29, 0.717) is 24.7 Å². The van der Waals surface area contributed by atoms with E-state index >= 15 is 0 Å². The van der Waals surface area contributed by atoms with Crippen molar-refractivity contribution in [2.75, 3.05) is 33.2 Å². The van der Waals surface area contributed by atoms with Gasteiger partial charge in [-0.1, -0.05) is 5.92 Å². The van der Waals surface area contributed by atoms with E-state index in [-0.39, 0.29) is 0 Å². The second-order valence-corrected chi connectivity index (χ2v) is 5.00. The van der Waals surface area contributed by atoms with Crippen molar-refractivity contribution < 1.29 is 0 Å². The van der Waals surface area contributed by atoms with Gasteiger partial charge in [0.25, 0.3) is 0 Å². The van der Waals surface area contributed by atoms with Gasteiger partial charge < -0.3 is 5.32 Å². The maximum absolute atomic E-state index is 5.22. The molecule has 1 rings (SSSR count). The molecule has 1 fully saturated rings. The molecule has 0 aromatic rings. The highest BCUT2D eigenvalue weighted by molar-refractivity contribution is 4.89. The molecular formula is C13H25N3. The minimum absolute atomic E-state index is 0.562. The van der Waals surface area contributed by atoms with Crippen molar-refractivity contribution in [2.45, 2.75) is 38.9 Å². The third-order valence-corrected chi connectivity index (χ3v) is 3.68. The molecule has 3 atom stereocenters. The van der Waals surface area contributed by atoms with Crippen LogP contribution in [0.2, 0.25) is 0 Å². The topological polar surface area (TPSA) is 18.5 Å². The van der Waals surface area contributed by atoms with Crippen molar-refractivity contribution in [3.63, 3.8) is 0 Å². The number of nitrogens with zero attached hydrogens (tertiary/aromatic N) is 2. The maximum Gasteiger partial charge on any atom is 0.0574 e. The quantitative estimate of drug-likeness (QED) is 0.557. The first kappa shape index (κ1) is 13.5. The normalized spacial score (nSPS) is 29.9. The van der Waals surface area contributed by atoms with E-state index in [1.54, 1.807) is 0 Å². The van der Waals surface area contributed by atoms with E-state index in [0.717, 1.165) is 19.6 Å². The van der Waals surface area contributed by atoms with Gasteiger partial charge in [-0.2, -0.15) is 0 Å². The molecule has 0 bridgehead atoms. The molecule has 0 spiro atoms. The fourth-order valence-corrected chi connectivity index (χ4v) is 2.29. The molecule has 3 unspecified atom stereocenters. The van der Waals surface area contributed by atoms with Crippen molar-refractivity contribution in [3.05, 3.63) is 0 Å². The lowest BCUT2D eigenvalue weighted by Crippen LogP contribution is -2.58. The molecule has 3 nitrogen and oxygen atoms in total. The van der Waals surface area contributed by atoms with E-state index in [1.165, 1.54) is 0 Å². The number of terminal acetylenes is 1. The number of nitrogens with one attached hydrogen (secondary N) is 1. The fraction of sp³-hybridized carbons (Fsp3) is 0.846. The molecule has 0 aromatic carbocycles. The smallest absolute Gasteiger partial charge is 0.0574 e. The molecule has 1 aliphatic rings. The summed E-state index contributed by atoms with van der Waals surface area (Å²) in [7, 11) is 2.22. The van der Waals surface area contributed by atoms with Crippen LogP contribution < -0.4 is 5.32 Å².